The number of Topliss-reactive ketones (excluding diaryl/α,β-unsaturated/α-hetero) is 1. The summed E-state index contributed by atoms with van der Waals surface area (Å²) in [4.78, 5) is 26.7. The average Bonchev–Trinajstić information content (AvgIpc) is 2.82. The minimum absolute atomic E-state index is 0.103. The zero-order chi connectivity index (χ0) is 23.7. The summed E-state index contributed by atoms with van der Waals surface area (Å²) in [5.74, 6) is 0.465. The molecule has 33 heavy (non-hydrogen) atoms. The topological polar surface area (TPSA) is 88.1 Å². The van der Waals surface area contributed by atoms with Crippen molar-refractivity contribution in [3.8, 4) is 11.5 Å². The second kappa shape index (κ2) is 8.86. The molecule has 1 aliphatic heterocycles. The summed E-state index contributed by atoms with van der Waals surface area (Å²) in [5.41, 5.74) is 1.96. The number of rotatable bonds is 5. The number of nitrogens with one attached hydrogen (secondary N) is 1. The summed E-state index contributed by atoms with van der Waals surface area (Å²) in [7, 11) is 2.94. The van der Waals surface area contributed by atoms with E-state index in [-0.39, 0.29) is 23.1 Å². The van der Waals surface area contributed by atoms with Crippen LogP contribution in [0.5, 0.6) is 11.5 Å². The fourth-order valence-corrected chi connectivity index (χ4v) is 4.33. The van der Waals surface area contributed by atoms with Crippen molar-refractivity contribution >= 4 is 28.3 Å². The van der Waals surface area contributed by atoms with Gasteiger partial charge in [-0.05, 0) is 36.2 Å². The first kappa shape index (κ1) is 22.2. The largest absolute Gasteiger partial charge is 0.493 e. The molecule has 0 aromatic heterocycles. The van der Waals surface area contributed by atoms with E-state index in [1.165, 1.54) is 31.3 Å². The average molecular weight is 447 g/mol. The summed E-state index contributed by atoms with van der Waals surface area (Å²) in [5, 5.41) is 15.5. The van der Waals surface area contributed by atoms with Crippen molar-refractivity contribution in [2.24, 2.45) is 0 Å². The number of fused-ring (bicyclic) bond motifs is 2. The molecule has 2 atom stereocenters. The monoisotopic (exact) mass is 446 g/mol. The molecule has 1 amide bonds. The quantitative estimate of drug-likeness (QED) is 0.527. The fraction of sp³-hybridized carbons (Fsp3) is 0.231. The molecular weight excluding hydrogens is 420 g/mol. The van der Waals surface area contributed by atoms with Crippen LogP contribution < -0.4 is 19.7 Å². The summed E-state index contributed by atoms with van der Waals surface area (Å²) >= 11 is 0. The standard InChI is InChI=1S/C26H26N2O5/c1-15(18-11-7-9-17-8-5-6-10-19(17)18)27-14-21-16(2)28(26(30)31)22-13-24(33-4)23(32-3)12-20(22)25(21)29/h5-16,27H,1-4H3,(H,30,31). The molecule has 0 spiro atoms. The van der Waals surface area contributed by atoms with Crippen molar-refractivity contribution in [1.29, 1.82) is 0 Å². The molecule has 4 rings (SSSR count). The van der Waals surface area contributed by atoms with E-state index in [1.807, 2.05) is 31.2 Å². The molecule has 3 aromatic rings. The van der Waals surface area contributed by atoms with Crippen LogP contribution in [0.4, 0.5) is 10.5 Å². The SMILES string of the molecule is COc1cc2c(cc1OC)N(C(=O)O)C(C)C(=CNC(C)c1cccc3ccccc13)C2=O. The van der Waals surface area contributed by atoms with Crippen LogP contribution in [0.2, 0.25) is 0 Å². The number of benzene rings is 3. The first-order valence-corrected chi connectivity index (χ1v) is 10.6. The van der Waals surface area contributed by atoms with Crippen molar-refractivity contribution in [3.63, 3.8) is 0 Å². The number of hydrogen-bond acceptors (Lipinski definition) is 5. The van der Waals surface area contributed by atoms with Gasteiger partial charge in [0, 0.05) is 23.9 Å². The number of carbonyl (C=O) groups is 2. The molecule has 3 aromatic carbocycles. The predicted molar refractivity (Wildman–Crippen MR) is 127 cm³/mol. The number of ketones is 1. The highest BCUT2D eigenvalue weighted by Gasteiger charge is 2.38. The van der Waals surface area contributed by atoms with E-state index in [1.54, 1.807) is 13.1 Å². The number of methoxy groups -OCH3 is 2. The lowest BCUT2D eigenvalue weighted by atomic mass is 9.90. The Hall–Kier alpha value is -4.00. The summed E-state index contributed by atoms with van der Waals surface area (Å²) in [6.45, 7) is 3.70. The highest BCUT2D eigenvalue weighted by atomic mass is 16.5. The first-order chi connectivity index (χ1) is 15.9. The Balaban J connectivity index is 1.73. The molecule has 7 nitrogen and oxygen atoms in total. The van der Waals surface area contributed by atoms with Crippen LogP contribution in [0, 0.1) is 0 Å². The van der Waals surface area contributed by atoms with Gasteiger partial charge in [-0.2, -0.15) is 0 Å². The smallest absolute Gasteiger partial charge is 0.412 e. The van der Waals surface area contributed by atoms with Gasteiger partial charge in [0.1, 0.15) is 0 Å². The molecule has 0 fully saturated rings. The van der Waals surface area contributed by atoms with Gasteiger partial charge in [-0.3, -0.25) is 9.69 Å². The highest BCUT2D eigenvalue weighted by Crippen LogP contribution is 2.41. The first-order valence-electron chi connectivity index (χ1n) is 10.6. The maximum absolute atomic E-state index is 13.4. The molecule has 0 bridgehead atoms. The molecule has 0 aliphatic carbocycles. The van der Waals surface area contributed by atoms with Crippen LogP contribution in [0.3, 0.4) is 0 Å². The van der Waals surface area contributed by atoms with Crippen molar-refractivity contribution in [2.45, 2.75) is 25.9 Å². The minimum atomic E-state index is -1.16. The molecule has 2 unspecified atom stereocenters. The zero-order valence-electron chi connectivity index (χ0n) is 19.0. The highest BCUT2D eigenvalue weighted by molar-refractivity contribution is 6.18. The van der Waals surface area contributed by atoms with E-state index in [9.17, 15) is 14.7 Å². The van der Waals surface area contributed by atoms with Gasteiger partial charge in [-0.1, -0.05) is 42.5 Å². The van der Waals surface area contributed by atoms with Crippen LogP contribution >= 0.6 is 0 Å². The third kappa shape index (κ3) is 3.86. The van der Waals surface area contributed by atoms with Gasteiger partial charge in [0.15, 0.2) is 17.3 Å². The summed E-state index contributed by atoms with van der Waals surface area (Å²) in [6.07, 6.45) is 0.478. The normalized spacial score (nSPS) is 17.6. The van der Waals surface area contributed by atoms with Crippen molar-refractivity contribution in [3.05, 3.63) is 77.5 Å². The zero-order valence-corrected chi connectivity index (χ0v) is 19.0. The van der Waals surface area contributed by atoms with Gasteiger partial charge >= 0.3 is 6.09 Å². The molecular formula is C26H26N2O5. The maximum atomic E-state index is 13.4. The summed E-state index contributed by atoms with van der Waals surface area (Å²) in [6, 6.07) is 16.5. The van der Waals surface area contributed by atoms with Crippen molar-refractivity contribution < 1.29 is 24.2 Å². The molecule has 0 saturated carbocycles. The van der Waals surface area contributed by atoms with E-state index in [2.05, 4.69) is 23.5 Å². The Morgan fingerprint density at radius 2 is 1.76 bits per heavy atom. The molecule has 7 heteroatoms. The Morgan fingerprint density at radius 3 is 2.45 bits per heavy atom. The number of amides is 1. The third-order valence-electron chi connectivity index (χ3n) is 6.09. The van der Waals surface area contributed by atoms with Gasteiger partial charge < -0.3 is 19.9 Å². The lowest BCUT2D eigenvalue weighted by Crippen LogP contribution is -2.45. The number of carbonyl (C=O) groups excluding carboxylic acids is 1. The van der Waals surface area contributed by atoms with Crippen LogP contribution in [0.1, 0.15) is 35.8 Å². The maximum Gasteiger partial charge on any atom is 0.412 e. The van der Waals surface area contributed by atoms with Crippen LogP contribution in [0.15, 0.2) is 66.4 Å². The number of ether oxygens (including phenoxy) is 2. The lowest BCUT2D eigenvalue weighted by molar-refractivity contribution is 0.102. The molecule has 2 N–H and O–H groups in total. The Labute approximate surface area is 192 Å². The van der Waals surface area contributed by atoms with E-state index >= 15 is 0 Å². The van der Waals surface area contributed by atoms with Gasteiger partial charge in [-0.25, -0.2) is 4.79 Å². The molecule has 0 radical (unpaired) electrons. The molecule has 170 valence electrons. The number of anilines is 1. The van der Waals surface area contributed by atoms with Crippen LogP contribution in [-0.2, 0) is 0 Å². The van der Waals surface area contributed by atoms with Crippen LogP contribution in [0.25, 0.3) is 10.8 Å². The number of nitrogens with zero attached hydrogens (tertiary/aromatic N) is 1. The minimum Gasteiger partial charge on any atom is -0.493 e. The van der Waals surface area contributed by atoms with E-state index < -0.39 is 12.1 Å². The molecule has 1 heterocycles. The van der Waals surface area contributed by atoms with Crippen molar-refractivity contribution in [2.75, 3.05) is 19.1 Å². The predicted octanol–water partition coefficient (Wildman–Crippen LogP) is 5.16. The van der Waals surface area contributed by atoms with Gasteiger partial charge in [0.25, 0.3) is 0 Å². The molecule has 1 aliphatic rings. The van der Waals surface area contributed by atoms with Crippen LogP contribution in [-0.4, -0.2) is 37.2 Å². The Morgan fingerprint density at radius 1 is 1.09 bits per heavy atom. The van der Waals surface area contributed by atoms with Gasteiger partial charge in [0.2, 0.25) is 0 Å². The van der Waals surface area contributed by atoms with Gasteiger partial charge in [0.05, 0.1) is 31.5 Å². The third-order valence-corrected chi connectivity index (χ3v) is 6.09. The second-order valence-corrected chi connectivity index (χ2v) is 7.94. The van der Waals surface area contributed by atoms with E-state index in [0.717, 1.165) is 16.3 Å². The number of hydrogen-bond donors (Lipinski definition) is 2. The Kier molecular flexibility index (Phi) is 5.96. The van der Waals surface area contributed by atoms with E-state index in [0.29, 0.717) is 17.1 Å². The Bertz CT molecular complexity index is 1260. The van der Waals surface area contributed by atoms with Gasteiger partial charge in [-0.15, -0.1) is 0 Å². The van der Waals surface area contributed by atoms with Crippen molar-refractivity contribution in [1.82, 2.24) is 5.32 Å². The molecule has 0 saturated heterocycles. The van der Waals surface area contributed by atoms with E-state index in [4.69, 9.17) is 9.47 Å². The second-order valence-electron chi connectivity index (χ2n) is 7.94. The summed E-state index contributed by atoms with van der Waals surface area (Å²) < 4.78 is 10.6. The number of carboxylic acid groups (broad SMARTS) is 1. The fourth-order valence-electron chi connectivity index (χ4n) is 4.33. The lowest BCUT2D eigenvalue weighted by Gasteiger charge is -2.34.